The van der Waals surface area contributed by atoms with Gasteiger partial charge in [-0.25, -0.2) is 4.79 Å². The first-order chi connectivity index (χ1) is 15.4. The van der Waals surface area contributed by atoms with Crippen LogP contribution in [-0.2, 0) is 20.7 Å². The number of methoxy groups -OCH3 is 2. The van der Waals surface area contributed by atoms with Crippen molar-refractivity contribution in [1.82, 2.24) is 4.90 Å². The number of esters is 1. The number of nitrogen functional groups attached to an aromatic ring is 1. The van der Waals surface area contributed by atoms with Gasteiger partial charge in [0, 0.05) is 44.7 Å². The van der Waals surface area contributed by atoms with Crippen LogP contribution < -0.4 is 16.0 Å². The smallest absolute Gasteiger partial charge is 0.336 e. The molecule has 2 aromatic carbocycles. The van der Waals surface area contributed by atoms with E-state index in [-0.39, 0.29) is 11.5 Å². The van der Waals surface area contributed by atoms with Gasteiger partial charge in [0.15, 0.2) is 0 Å². The van der Waals surface area contributed by atoms with Crippen molar-refractivity contribution in [1.29, 1.82) is 0 Å². The van der Waals surface area contributed by atoms with Gasteiger partial charge in [0.2, 0.25) is 0 Å². The first-order valence-corrected chi connectivity index (χ1v) is 10.5. The fourth-order valence-corrected chi connectivity index (χ4v) is 3.79. The van der Waals surface area contributed by atoms with Gasteiger partial charge >= 0.3 is 11.9 Å². The van der Waals surface area contributed by atoms with E-state index in [1.807, 2.05) is 24.3 Å². The predicted octanol–water partition coefficient (Wildman–Crippen LogP) is 2.19. The molecule has 172 valence electrons. The molecule has 0 radical (unpaired) electrons. The molecule has 0 unspecified atom stereocenters. The number of nitrogens with one attached hydrogen (secondary N) is 1. The lowest BCUT2D eigenvalue weighted by Crippen LogP contribution is -2.48. The standard InChI is InChI=1S/C23H30N4O5/c1-31-13-8-18-19(23(29)30)6-7-20(22(18)24)25-16-4-3-5-17(14-16)27-11-9-26(10-12-27)15-21(28)32-2/h3-7,14,25H,8-13,15,24H2,1-2H3,(H,29,30). The van der Waals surface area contributed by atoms with Gasteiger partial charge in [-0.15, -0.1) is 0 Å². The normalized spacial score (nSPS) is 14.2. The Morgan fingerprint density at radius 1 is 1.12 bits per heavy atom. The number of rotatable bonds is 9. The number of benzene rings is 2. The summed E-state index contributed by atoms with van der Waals surface area (Å²) in [5.74, 6) is -1.23. The number of carbonyl (C=O) groups excluding carboxylic acids is 1. The Morgan fingerprint density at radius 3 is 2.53 bits per heavy atom. The molecule has 1 aliphatic rings. The van der Waals surface area contributed by atoms with E-state index < -0.39 is 5.97 Å². The summed E-state index contributed by atoms with van der Waals surface area (Å²) in [4.78, 5) is 27.4. The number of piperazine rings is 1. The van der Waals surface area contributed by atoms with Crippen molar-refractivity contribution in [3.8, 4) is 0 Å². The van der Waals surface area contributed by atoms with Crippen molar-refractivity contribution in [2.24, 2.45) is 0 Å². The number of hydrogen-bond acceptors (Lipinski definition) is 8. The molecule has 0 atom stereocenters. The molecule has 1 aliphatic heterocycles. The molecule has 0 bridgehead atoms. The molecule has 1 heterocycles. The zero-order chi connectivity index (χ0) is 23.1. The number of aromatic carboxylic acids is 1. The molecular weight excluding hydrogens is 412 g/mol. The number of nitrogens with two attached hydrogens (primary N) is 1. The summed E-state index contributed by atoms with van der Waals surface area (Å²) in [5.41, 5.74) is 10.0. The average Bonchev–Trinajstić information content (AvgIpc) is 2.80. The maximum atomic E-state index is 11.6. The van der Waals surface area contributed by atoms with Gasteiger partial charge in [0.1, 0.15) is 0 Å². The minimum atomic E-state index is -1.01. The summed E-state index contributed by atoms with van der Waals surface area (Å²) < 4.78 is 9.85. The summed E-state index contributed by atoms with van der Waals surface area (Å²) in [6.45, 7) is 3.85. The summed E-state index contributed by atoms with van der Waals surface area (Å²) in [5, 5.41) is 12.8. The molecule has 0 aromatic heterocycles. The Hall–Kier alpha value is -3.30. The van der Waals surface area contributed by atoms with Crippen LogP contribution in [0.5, 0.6) is 0 Å². The van der Waals surface area contributed by atoms with Crippen LogP contribution in [0.25, 0.3) is 0 Å². The Balaban J connectivity index is 1.72. The number of ether oxygens (including phenoxy) is 2. The SMILES string of the molecule is COCCc1c(C(=O)O)ccc(Nc2cccc(N3CCN(CC(=O)OC)CC3)c2)c1N. The first kappa shape index (κ1) is 23.4. The van der Waals surface area contributed by atoms with Crippen LogP contribution in [-0.4, -0.2) is 75.5 Å². The van der Waals surface area contributed by atoms with Crippen molar-refractivity contribution >= 4 is 34.7 Å². The van der Waals surface area contributed by atoms with Crippen molar-refractivity contribution in [2.75, 3.05) is 69.5 Å². The monoisotopic (exact) mass is 442 g/mol. The maximum Gasteiger partial charge on any atom is 0.336 e. The van der Waals surface area contributed by atoms with Crippen molar-refractivity contribution in [2.45, 2.75) is 6.42 Å². The molecule has 0 amide bonds. The highest BCUT2D eigenvalue weighted by Gasteiger charge is 2.20. The largest absolute Gasteiger partial charge is 0.478 e. The van der Waals surface area contributed by atoms with Gasteiger partial charge in [-0.1, -0.05) is 6.07 Å². The molecule has 4 N–H and O–H groups in total. The minimum absolute atomic E-state index is 0.184. The van der Waals surface area contributed by atoms with Gasteiger partial charge in [0.25, 0.3) is 0 Å². The van der Waals surface area contributed by atoms with Crippen molar-refractivity contribution < 1.29 is 24.2 Å². The molecular formula is C23H30N4O5. The second kappa shape index (κ2) is 10.8. The Morgan fingerprint density at radius 2 is 1.88 bits per heavy atom. The van der Waals surface area contributed by atoms with Gasteiger partial charge in [-0.05, 0) is 42.3 Å². The quantitative estimate of drug-likeness (QED) is 0.397. The highest BCUT2D eigenvalue weighted by atomic mass is 16.5. The zero-order valence-corrected chi connectivity index (χ0v) is 18.5. The average molecular weight is 443 g/mol. The number of carbonyl (C=O) groups is 2. The maximum absolute atomic E-state index is 11.6. The second-order valence-electron chi connectivity index (χ2n) is 7.62. The van der Waals surface area contributed by atoms with E-state index in [2.05, 4.69) is 15.1 Å². The molecule has 3 rings (SSSR count). The third-order valence-electron chi connectivity index (χ3n) is 5.59. The van der Waals surface area contributed by atoms with E-state index in [0.717, 1.165) is 37.6 Å². The Labute approximate surface area is 187 Å². The highest BCUT2D eigenvalue weighted by molar-refractivity contribution is 5.94. The van der Waals surface area contributed by atoms with Crippen LogP contribution in [0.3, 0.4) is 0 Å². The second-order valence-corrected chi connectivity index (χ2v) is 7.62. The summed E-state index contributed by atoms with van der Waals surface area (Å²) in [7, 11) is 2.97. The van der Waals surface area contributed by atoms with Crippen LogP contribution in [0.1, 0.15) is 15.9 Å². The van der Waals surface area contributed by atoms with Gasteiger partial charge < -0.3 is 30.5 Å². The summed E-state index contributed by atoms with van der Waals surface area (Å²) in [6.07, 6.45) is 0.412. The number of carboxylic acid groups (broad SMARTS) is 1. The van der Waals surface area contributed by atoms with Crippen molar-refractivity contribution in [3.05, 3.63) is 47.5 Å². The van der Waals surface area contributed by atoms with Crippen molar-refractivity contribution in [3.63, 3.8) is 0 Å². The van der Waals surface area contributed by atoms with Crippen LogP contribution >= 0.6 is 0 Å². The molecule has 9 heteroatoms. The van der Waals surface area contributed by atoms with Gasteiger partial charge in [0.05, 0.1) is 37.2 Å². The lowest BCUT2D eigenvalue weighted by atomic mass is 10.0. The third kappa shape index (κ3) is 5.68. The predicted molar refractivity (Wildman–Crippen MR) is 124 cm³/mol. The van der Waals surface area contributed by atoms with E-state index in [0.29, 0.717) is 36.5 Å². The van der Waals surface area contributed by atoms with E-state index >= 15 is 0 Å². The number of carboxylic acids is 1. The van der Waals surface area contributed by atoms with Crippen LogP contribution in [0.4, 0.5) is 22.7 Å². The first-order valence-electron chi connectivity index (χ1n) is 10.5. The lowest BCUT2D eigenvalue weighted by Gasteiger charge is -2.35. The molecule has 32 heavy (non-hydrogen) atoms. The summed E-state index contributed by atoms with van der Waals surface area (Å²) in [6, 6.07) is 11.2. The van der Waals surface area contributed by atoms with E-state index in [4.69, 9.17) is 15.2 Å². The molecule has 1 saturated heterocycles. The highest BCUT2D eigenvalue weighted by Crippen LogP contribution is 2.31. The van der Waals surface area contributed by atoms with E-state index in [1.54, 1.807) is 19.2 Å². The van der Waals surface area contributed by atoms with E-state index in [1.165, 1.54) is 7.11 Å². The minimum Gasteiger partial charge on any atom is -0.478 e. The van der Waals surface area contributed by atoms with Gasteiger partial charge in [-0.2, -0.15) is 0 Å². The molecule has 0 saturated carbocycles. The van der Waals surface area contributed by atoms with Crippen LogP contribution in [0.2, 0.25) is 0 Å². The lowest BCUT2D eigenvalue weighted by molar-refractivity contribution is -0.142. The third-order valence-corrected chi connectivity index (χ3v) is 5.59. The zero-order valence-electron chi connectivity index (χ0n) is 18.5. The fourth-order valence-electron chi connectivity index (χ4n) is 3.79. The van der Waals surface area contributed by atoms with Crippen LogP contribution in [0, 0.1) is 0 Å². The van der Waals surface area contributed by atoms with E-state index in [9.17, 15) is 14.7 Å². The van der Waals surface area contributed by atoms with Gasteiger partial charge in [-0.3, -0.25) is 9.69 Å². The Bertz CT molecular complexity index is 957. The Kier molecular flexibility index (Phi) is 7.91. The van der Waals surface area contributed by atoms with Crippen LogP contribution in [0.15, 0.2) is 36.4 Å². The fraction of sp³-hybridized carbons (Fsp3) is 0.391. The molecule has 9 nitrogen and oxygen atoms in total. The number of hydrogen-bond donors (Lipinski definition) is 3. The number of nitrogens with zero attached hydrogens (tertiary/aromatic N) is 2. The molecule has 0 spiro atoms. The number of anilines is 4. The topological polar surface area (TPSA) is 117 Å². The summed E-state index contributed by atoms with van der Waals surface area (Å²) >= 11 is 0. The molecule has 0 aliphatic carbocycles. The molecule has 1 fully saturated rings. The molecule has 2 aromatic rings.